The summed E-state index contributed by atoms with van der Waals surface area (Å²) in [4.78, 5) is 26.5. The van der Waals surface area contributed by atoms with Crippen molar-refractivity contribution in [3.8, 4) is 11.5 Å². The van der Waals surface area contributed by atoms with Crippen LogP contribution in [0.15, 0.2) is 40.7 Å². The van der Waals surface area contributed by atoms with Gasteiger partial charge in [-0.05, 0) is 24.8 Å². The van der Waals surface area contributed by atoms with Crippen LogP contribution in [0.2, 0.25) is 0 Å². The van der Waals surface area contributed by atoms with Crippen molar-refractivity contribution in [1.29, 1.82) is 0 Å². The number of dihydropyridines is 1. The number of benzene rings is 1. The van der Waals surface area contributed by atoms with Crippen LogP contribution in [0.5, 0.6) is 11.5 Å². The Balaban J connectivity index is 2.16. The number of allylic oxidation sites excluding steroid dienone is 3. The van der Waals surface area contributed by atoms with Gasteiger partial charge < -0.3 is 24.3 Å². The molecule has 0 fully saturated rings. The lowest BCUT2D eigenvalue weighted by atomic mass is 9.68. The molecular formula is C24H31NO6. The fourth-order valence-electron chi connectivity index (χ4n) is 4.37. The number of nitrogens with one attached hydrogen (secondary N) is 1. The predicted molar refractivity (Wildman–Crippen MR) is 116 cm³/mol. The van der Waals surface area contributed by atoms with E-state index in [1.54, 1.807) is 33.5 Å². The zero-order valence-electron chi connectivity index (χ0n) is 19.1. The van der Waals surface area contributed by atoms with Crippen molar-refractivity contribution in [1.82, 2.24) is 5.32 Å². The van der Waals surface area contributed by atoms with Gasteiger partial charge in [0.15, 0.2) is 5.78 Å². The lowest BCUT2D eigenvalue weighted by Gasteiger charge is -2.39. The third kappa shape index (κ3) is 4.61. The first-order valence-corrected chi connectivity index (χ1v) is 10.3. The van der Waals surface area contributed by atoms with Crippen LogP contribution >= 0.6 is 0 Å². The van der Waals surface area contributed by atoms with Gasteiger partial charge >= 0.3 is 5.97 Å². The van der Waals surface area contributed by atoms with Crippen molar-refractivity contribution in [2.75, 3.05) is 34.5 Å². The van der Waals surface area contributed by atoms with Gasteiger partial charge in [-0.2, -0.15) is 0 Å². The molecule has 31 heavy (non-hydrogen) atoms. The van der Waals surface area contributed by atoms with Gasteiger partial charge in [0.1, 0.15) is 18.1 Å². The number of ketones is 1. The lowest BCUT2D eigenvalue weighted by molar-refractivity contribution is -0.140. The molecule has 1 aliphatic heterocycles. The van der Waals surface area contributed by atoms with E-state index in [1.165, 1.54) is 0 Å². The van der Waals surface area contributed by atoms with Crippen molar-refractivity contribution < 1.29 is 28.5 Å². The van der Waals surface area contributed by atoms with Crippen LogP contribution < -0.4 is 14.8 Å². The maximum atomic E-state index is 13.3. The smallest absolute Gasteiger partial charge is 0.336 e. The molecular weight excluding hydrogens is 398 g/mol. The van der Waals surface area contributed by atoms with Gasteiger partial charge in [0.05, 0.1) is 32.3 Å². The quantitative estimate of drug-likeness (QED) is 0.525. The van der Waals surface area contributed by atoms with Gasteiger partial charge in [-0.3, -0.25) is 4.79 Å². The second-order valence-corrected chi connectivity index (χ2v) is 8.67. The average Bonchev–Trinajstić information content (AvgIpc) is 2.71. The van der Waals surface area contributed by atoms with Crippen LogP contribution in [-0.4, -0.2) is 46.3 Å². The van der Waals surface area contributed by atoms with Crippen molar-refractivity contribution in [3.63, 3.8) is 0 Å². The Morgan fingerprint density at radius 1 is 1.13 bits per heavy atom. The number of hydrogen-bond donors (Lipinski definition) is 1. The molecule has 1 atom stereocenters. The minimum absolute atomic E-state index is 0.0244. The summed E-state index contributed by atoms with van der Waals surface area (Å²) in [5.74, 6) is 0.136. The Labute approximate surface area is 183 Å². The summed E-state index contributed by atoms with van der Waals surface area (Å²) in [5, 5.41) is 3.33. The van der Waals surface area contributed by atoms with Gasteiger partial charge in [-0.1, -0.05) is 19.9 Å². The van der Waals surface area contributed by atoms with Crippen molar-refractivity contribution in [2.45, 2.75) is 39.5 Å². The van der Waals surface area contributed by atoms with Gasteiger partial charge in [-0.25, -0.2) is 4.79 Å². The molecule has 0 saturated carbocycles. The van der Waals surface area contributed by atoms with Crippen LogP contribution in [0.3, 0.4) is 0 Å². The summed E-state index contributed by atoms with van der Waals surface area (Å²) in [6.07, 6.45) is 1.12. The molecule has 0 aromatic heterocycles. The Morgan fingerprint density at radius 3 is 2.52 bits per heavy atom. The number of hydrogen-bond acceptors (Lipinski definition) is 7. The first kappa shape index (κ1) is 22.9. The van der Waals surface area contributed by atoms with Crippen molar-refractivity contribution in [2.24, 2.45) is 5.41 Å². The molecule has 0 bridgehead atoms. The number of ether oxygens (including phenoxy) is 4. The fraction of sp³-hybridized carbons (Fsp3) is 0.500. The Hall–Kier alpha value is -2.80. The second kappa shape index (κ2) is 9.14. The summed E-state index contributed by atoms with van der Waals surface area (Å²) in [5.41, 5.74) is 3.11. The third-order valence-electron chi connectivity index (χ3n) is 5.73. The minimum Gasteiger partial charge on any atom is -0.497 e. The molecule has 168 valence electrons. The van der Waals surface area contributed by atoms with E-state index in [0.717, 1.165) is 11.3 Å². The number of rotatable bonds is 7. The monoisotopic (exact) mass is 429 g/mol. The molecule has 0 unspecified atom stereocenters. The van der Waals surface area contributed by atoms with Crippen LogP contribution in [0.1, 0.15) is 45.1 Å². The van der Waals surface area contributed by atoms with E-state index in [4.69, 9.17) is 18.9 Å². The Morgan fingerprint density at radius 2 is 1.87 bits per heavy atom. The standard InChI is InChI=1S/C24H31NO6/c1-14-20(23(27)31-10-9-28-4)21(16-8-7-15(29-5)11-19(16)30-6)22-17(25-14)12-24(2,3)13-18(22)26/h7-8,11,21,25H,9-10,12-13H2,1-6H3/t21-/m0/s1. The molecule has 1 aromatic carbocycles. The molecule has 7 nitrogen and oxygen atoms in total. The molecule has 1 aromatic rings. The molecule has 3 rings (SSSR count). The van der Waals surface area contributed by atoms with E-state index in [-0.39, 0.29) is 17.8 Å². The molecule has 0 saturated heterocycles. The van der Waals surface area contributed by atoms with Crippen LogP contribution in [-0.2, 0) is 19.1 Å². The van der Waals surface area contributed by atoms with Gasteiger partial charge in [0, 0.05) is 42.1 Å². The van der Waals surface area contributed by atoms with Crippen LogP contribution in [0.25, 0.3) is 0 Å². The lowest BCUT2D eigenvalue weighted by Crippen LogP contribution is -2.38. The van der Waals surface area contributed by atoms with E-state index < -0.39 is 11.9 Å². The topological polar surface area (TPSA) is 83.1 Å². The van der Waals surface area contributed by atoms with Crippen LogP contribution in [0, 0.1) is 5.41 Å². The highest BCUT2D eigenvalue weighted by atomic mass is 16.6. The Kier molecular flexibility index (Phi) is 6.74. The molecule has 1 heterocycles. The molecule has 7 heteroatoms. The van der Waals surface area contributed by atoms with Gasteiger partial charge in [0.2, 0.25) is 0 Å². The average molecular weight is 430 g/mol. The third-order valence-corrected chi connectivity index (χ3v) is 5.73. The number of methoxy groups -OCH3 is 3. The van der Waals surface area contributed by atoms with Crippen molar-refractivity contribution >= 4 is 11.8 Å². The maximum absolute atomic E-state index is 13.3. The summed E-state index contributed by atoms with van der Waals surface area (Å²) in [7, 11) is 4.69. The summed E-state index contributed by atoms with van der Waals surface area (Å²) in [6, 6.07) is 5.42. The van der Waals surface area contributed by atoms with E-state index >= 15 is 0 Å². The number of Topliss-reactive ketones (excluding diaryl/α,β-unsaturated/α-hetero) is 1. The van der Waals surface area contributed by atoms with E-state index in [0.29, 0.717) is 47.8 Å². The van der Waals surface area contributed by atoms with Gasteiger partial charge in [-0.15, -0.1) is 0 Å². The first-order valence-electron chi connectivity index (χ1n) is 10.3. The SMILES string of the molecule is COCCOC(=O)C1=C(C)NC2=C(C(=O)CC(C)(C)C2)[C@H]1c1ccc(OC)cc1OC. The summed E-state index contributed by atoms with van der Waals surface area (Å²) < 4.78 is 21.4. The highest BCUT2D eigenvalue weighted by molar-refractivity contribution is 6.04. The van der Waals surface area contributed by atoms with E-state index in [9.17, 15) is 9.59 Å². The first-order chi connectivity index (χ1) is 14.7. The minimum atomic E-state index is -0.587. The largest absolute Gasteiger partial charge is 0.497 e. The van der Waals surface area contributed by atoms with E-state index in [2.05, 4.69) is 19.2 Å². The fourth-order valence-corrected chi connectivity index (χ4v) is 4.37. The molecule has 2 aliphatic rings. The zero-order chi connectivity index (χ0) is 22.8. The number of carbonyl (C=O) groups is 2. The molecule has 0 amide bonds. The zero-order valence-corrected chi connectivity index (χ0v) is 19.1. The molecule has 1 N–H and O–H groups in total. The summed E-state index contributed by atoms with van der Waals surface area (Å²) in [6.45, 7) is 6.42. The number of carbonyl (C=O) groups excluding carboxylic acids is 2. The summed E-state index contributed by atoms with van der Waals surface area (Å²) >= 11 is 0. The number of esters is 1. The van der Waals surface area contributed by atoms with Gasteiger partial charge in [0.25, 0.3) is 0 Å². The normalized spacial score (nSPS) is 20.2. The second-order valence-electron chi connectivity index (χ2n) is 8.67. The molecule has 0 radical (unpaired) electrons. The maximum Gasteiger partial charge on any atom is 0.336 e. The van der Waals surface area contributed by atoms with Crippen LogP contribution in [0.4, 0.5) is 0 Å². The highest BCUT2D eigenvalue weighted by Crippen LogP contribution is 2.49. The van der Waals surface area contributed by atoms with E-state index in [1.807, 2.05) is 13.0 Å². The molecule has 1 aliphatic carbocycles. The highest BCUT2D eigenvalue weighted by Gasteiger charge is 2.44. The molecule has 0 spiro atoms. The van der Waals surface area contributed by atoms with Crippen molar-refractivity contribution in [3.05, 3.63) is 46.3 Å². The Bertz CT molecular complexity index is 943. The predicted octanol–water partition coefficient (Wildman–Crippen LogP) is 3.50.